The van der Waals surface area contributed by atoms with Gasteiger partial charge in [0.15, 0.2) is 9.84 Å². The summed E-state index contributed by atoms with van der Waals surface area (Å²) in [6.07, 6.45) is 1.12. The number of nitrogens with one attached hydrogen (secondary N) is 2. The fourth-order valence-corrected chi connectivity index (χ4v) is 3.24. The smallest absolute Gasteiger partial charge is 0.252 e. The summed E-state index contributed by atoms with van der Waals surface area (Å²) in [5.74, 6) is 0.308. The highest BCUT2D eigenvalue weighted by Gasteiger charge is 2.18. The second-order valence-electron chi connectivity index (χ2n) is 6.08. The second-order valence-corrected chi connectivity index (χ2v) is 8.10. The summed E-state index contributed by atoms with van der Waals surface area (Å²) >= 11 is 0. The van der Waals surface area contributed by atoms with Gasteiger partial charge in [-0.05, 0) is 43.7 Å². The molecule has 3 aromatic rings. The number of carbonyl (C=O) groups is 1. The first-order chi connectivity index (χ1) is 11.8. The van der Waals surface area contributed by atoms with E-state index in [0.29, 0.717) is 17.0 Å². The Bertz CT molecular complexity index is 1020. The number of aromatic nitrogens is 2. The molecule has 7 heteroatoms. The summed E-state index contributed by atoms with van der Waals surface area (Å²) in [6, 6.07) is 11.8. The van der Waals surface area contributed by atoms with Gasteiger partial charge in [-0.3, -0.25) is 4.79 Å². The number of amides is 1. The van der Waals surface area contributed by atoms with Crippen LogP contribution in [-0.2, 0) is 9.84 Å². The van der Waals surface area contributed by atoms with Crippen molar-refractivity contribution in [1.82, 2.24) is 15.3 Å². The quantitative estimate of drug-likeness (QED) is 0.751. The number of nitrogens with zero attached hydrogens (tertiary/aromatic N) is 1. The Morgan fingerprint density at radius 1 is 1.20 bits per heavy atom. The number of benzene rings is 2. The van der Waals surface area contributed by atoms with Gasteiger partial charge in [-0.25, -0.2) is 13.4 Å². The predicted molar refractivity (Wildman–Crippen MR) is 96.3 cm³/mol. The van der Waals surface area contributed by atoms with Crippen LogP contribution in [0.3, 0.4) is 0 Å². The maximum atomic E-state index is 12.6. The average molecular weight is 357 g/mol. The fraction of sp³-hybridized carbons (Fsp3) is 0.222. The standard InChI is InChI=1S/C18H19N3O3S/c1-11-8-9-13(25(3,23)24)10-14(11)18(22)19-12(2)17-20-15-6-4-5-7-16(15)21-17/h4-10,12H,1-3H3,(H,19,22)(H,20,21)/t12-/m0/s1. The highest BCUT2D eigenvalue weighted by molar-refractivity contribution is 7.90. The van der Waals surface area contributed by atoms with Gasteiger partial charge in [0, 0.05) is 11.8 Å². The molecule has 0 bridgehead atoms. The molecule has 0 aliphatic carbocycles. The maximum Gasteiger partial charge on any atom is 0.252 e. The van der Waals surface area contributed by atoms with Gasteiger partial charge in [0.1, 0.15) is 5.82 Å². The van der Waals surface area contributed by atoms with Crippen LogP contribution in [0.4, 0.5) is 0 Å². The van der Waals surface area contributed by atoms with Gasteiger partial charge in [0.25, 0.3) is 5.91 Å². The summed E-state index contributed by atoms with van der Waals surface area (Å²) in [6.45, 7) is 3.60. The number of imidazole rings is 1. The fourth-order valence-electron chi connectivity index (χ4n) is 2.60. The van der Waals surface area contributed by atoms with Crippen molar-refractivity contribution in [2.75, 3.05) is 6.26 Å². The first kappa shape index (κ1) is 17.2. The minimum absolute atomic E-state index is 0.125. The number of rotatable bonds is 4. The number of fused-ring (bicyclic) bond motifs is 1. The summed E-state index contributed by atoms with van der Waals surface area (Å²) < 4.78 is 23.4. The van der Waals surface area contributed by atoms with Gasteiger partial charge in [-0.15, -0.1) is 0 Å². The number of para-hydroxylation sites is 2. The molecule has 0 spiro atoms. The van der Waals surface area contributed by atoms with Crippen LogP contribution in [0.5, 0.6) is 0 Å². The lowest BCUT2D eigenvalue weighted by atomic mass is 10.1. The topological polar surface area (TPSA) is 91.9 Å². The van der Waals surface area contributed by atoms with Crippen molar-refractivity contribution in [2.45, 2.75) is 24.8 Å². The van der Waals surface area contributed by atoms with Gasteiger partial charge >= 0.3 is 0 Å². The van der Waals surface area contributed by atoms with Gasteiger partial charge < -0.3 is 10.3 Å². The summed E-state index contributed by atoms with van der Waals surface area (Å²) in [7, 11) is -3.37. The normalized spacial score (nSPS) is 12.9. The summed E-state index contributed by atoms with van der Waals surface area (Å²) in [5.41, 5.74) is 2.77. The van der Waals surface area contributed by atoms with E-state index < -0.39 is 9.84 Å². The number of carbonyl (C=O) groups excluding carboxylic acids is 1. The first-order valence-electron chi connectivity index (χ1n) is 7.82. The number of hydrogen-bond acceptors (Lipinski definition) is 4. The van der Waals surface area contributed by atoms with Crippen LogP contribution in [0, 0.1) is 6.92 Å². The number of aromatic amines is 1. The molecule has 1 heterocycles. The maximum absolute atomic E-state index is 12.6. The third-order valence-electron chi connectivity index (χ3n) is 4.05. The van der Waals surface area contributed by atoms with Crippen LogP contribution in [0.25, 0.3) is 11.0 Å². The predicted octanol–water partition coefficient (Wildman–Crippen LogP) is 2.77. The lowest BCUT2D eigenvalue weighted by molar-refractivity contribution is 0.0937. The number of aryl methyl sites for hydroxylation is 1. The molecule has 0 aliphatic rings. The molecular weight excluding hydrogens is 338 g/mol. The molecule has 1 amide bonds. The van der Waals surface area contributed by atoms with Crippen molar-refractivity contribution in [2.24, 2.45) is 0 Å². The Hall–Kier alpha value is -2.67. The number of hydrogen-bond donors (Lipinski definition) is 2. The van der Waals surface area contributed by atoms with Crippen molar-refractivity contribution >= 4 is 26.8 Å². The minimum Gasteiger partial charge on any atom is -0.342 e. The Labute approximate surface area is 146 Å². The molecule has 0 unspecified atom stereocenters. The number of H-pyrrole nitrogens is 1. The van der Waals surface area contributed by atoms with Crippen molar-refractivity contribution < 1.29 is 13.2 Å². The van der Waals surface area contributed by atoms with Crippen LogP contribution in [0.15, 0.2) is 47.4 Å². The van der Waals surface area contributed by atoms with E-state index in [0.717, 1.165) is 17.3 Å². The molecule has 0 saturated heterocycles. The number of sulfone groups is 1. The zero-order valence-corrected chi connectivity index (χ0v) is 15.0. The third-order valence-corrected chi connectivity index (χ3v) is 5.16. The van der Waals surface area contributed by atoms with Crippen LogP contribution < -0.4 is 5.32 Å². The Morgan fingerprint density at radius 3 is 2.60 bits per heavy atom. The highest BCUT2D eigenvalue weighted by Crippen LogP contribution is 2.19. The molecule has 0 saturated carbocycles. The molecule has 6 nitrogen and oxygen atoms in total. The van der Waals surface area contributed by atoms with E-state index in [4.69, 9.17) is 0 Å². The van der Waals surface area contributed by atoms with Crippen LogP contribution in [0.1, 0.15) is 34.7 Å². The van der Waals surface area contributed by atoms with Crippen LogP contribution in [0.2, 0.25) is 0 Å². The molecule has 2 N–H and O–H groups in total. The molecule has 0 aliphatic heterocycles. The average Bonchev–Trinajstić information content (AvgIpc) is 2.98. The van der Waals surface area contributed by atoms with E-state index in [-0.39, 0.29) is 16.8 Å². The van der Waals surface area contributed by atoms with Gasteiger partial charge in [0.2, 0.25) is 0 Å². The molecular formula is C18H19N3O3S. The monoisotopic (exact) mass is 357 g/mol. The van der Waals surface area contributed by atoms with Gasteiger partial charge in [-0.1, -0.05) is 18.2 Å². The summed E-state index contributed by atoms with van der Waals surface area (Å²) in [5, 5.41) is 2.87. The Balaban J connectivity index is 1.86. The Morgan fingerprint density at radius 2 is 1.92 bits per heavy atom. The van der Waals surface area contributed by atoms with Crippen molar-refractivity contribution in [3.63, 3.8) is 0 Å². The highest BCUT2D eigenvalue weighted by atomic mass is 32.2. The van der Waals surface area contributed by atoms with E-state index in [1.807, 2.05) is 31.2 Å². The lowest BCUT2D eigenvalue weighted by Gasteiger charge is -2.13. The van der Waals surface area contributed by atoms with Gasteiger partial charge in [0.05, 0.1) is 22.0 Å². The molecule has 0 fully saturated rings. The van der Waals surface area contributed by atoms with Crippen molar-refractivity contribution in [3.8, 4) is 0 Å². The Kier molecular flexibility index (Phi) is 4.34. The zero-order chi connectivity index (χ0) is 18.2. The molecule has 1 aromatic heterocycles. The largest absolute Gasteiger partial charge is 0.342 e. The molecule has 2 aromatic carbocycles. The molecule has 1 atom stereocenters. The molecule has 0 radical (unpaired) electrons. The lowest BCUT2D eigenvalue weighted by Crippen LogP contribution is -2.28. The van der Waals surface area contributed by atoms with Crippen LogP contribution in [-0.4, -0.2) is 30.5 Å². The SMILES string of the molecule is Cc1ccc(S(C)(=O)=O)cc1C(=O)N[C@@H](C)c1nc2ccccc2[nH]1. The first-order valence-corrected chi connectivity index (χ1v) is 9.71. The van der Waals surface area contributed by atoms with E-state index >= 15 is 0 Å². The minimum atomic E-state index is -3.37. The van der Waals surface area contributed by atoms with E-state index in [2.05, 4.69) is 15.3 Å². The van der Waals surface area contributed by atoms with E-state index in [1.54, 1.807) is 13.0 Å². The molecule has 3 rings (SSSR count). The van der Waals surface area contributed by atoms with E-state index in [9.17, 15) is 13.2 Å². The van der Waals surface area contributed by atoms with E-state index in [1.165, 1.54) is 12.1 Å². The third kappa shape index (κ3) is 3.56. The second kappa shape index (κ2) is 6.33. The van der Waals surface area contributed by atoms with Crippen molar-refractivity contribution in [1.29, 1.82) is 0 Å². The molecule has 130 valence electrons. The zero-order valence-electron chi connectivity index (χ0n) is 14.2. The molecule has 25 heavy (non-hydrogen) atoms. The summed E-state index contributed by atoms with van der Waals surface area (Å²) in [4.78, 5) is 20.4. The van der Waals surface area contributed by atoms with Crippen molar-refractivity contribution in [3.05, 3.63) is 59.4 Å². The van der Waals surface area contributed by atoms with Crippen LogP contribution >= 0.6 is 0 Å². The van der Waals surface area contributed by atoms with Gasteiger partial charge in [-0.2, -0.15) is 0 Å².